The van der Waals surface area contributed by atoms with Crippen LogP contribution in [0.2, 0.25) is 0 Å². The predicted molar refractivity (Wildman–Crippen MR) is 80.7 cm³/mol. The van der Waals surface area contributed by atoms with Gasteiger partial charge in [-0.25, -0.2) is 4.99 Å². The highest BCUT2D eigenvalue weighted by Gasteiger charge is 2.45. The predicted octanol–water partition coefficient (Wildman–Crippen LogP) is 2.66. The minimum Gasteiger partial charge on any atom is -0.497 e. The van der Waals surface area contributed by atoms with Crippen LogP contribution in [0, 0.1) is 10.1 Å². The van der Waals surface area contributed by atoms with Gasteiger partial charge in [0.15, 0.2) is 0 Å². The van der Waals surface area contributed by atoms with Gasteiger partial charge in [0.05, 0.1) is 12.8 Å². The fourth-order valence-electron chi connectivity index (χ4n) is 2.45. The molecule has 0 unspecified atom stereocenters. The lowest BCUT2D eigenvalue weighted by atomic mass is 10.1. The van der Waals surface area contributed by atoms with Crippen molar-refractivity contribution in [2.45, 2.75) is 6.04 Å². The van der Waals surface area contributed by atoms with Crippen LogP contribution in [0.15, 0.2) is 53.5 Å². The molecule has 0 aliphatic heterocycles. The highest BCUT2D eigenvalue weighted by Crippen LogP contribution is 2.28. The first-order valence-corrected chi connectivity index (χ1v) is 6.61. The highest BCUT2D eigenvalue weighted by atomic mass is 16.6. The molecule has 0 saturated carbocycles. The monoisotopic (exact) mass is 296 g/mol. The molecule has 6 nitrogen and oxygen atoms in total. The van der Waals surface area contributed by atoms with Gasteiger partial charge in [0.2, 0.25) is 5.78 Å². The summed E-state index contributed by atoms with van der Waals surface area (Å²) in [5.41, 5.74) is 1.57. The minimum atomic E-state index is -1.44. The lowest BCUT2D eigenvalue weighted by molar-refractivity contribution is -0.485. The van der Waals surface area contributed by atoms with Crippen molar-refractivity contribution < 1.29 is 14.5 Å². The number of hydrogen-bond donors (Lipinski definition) is 0. The Morgan fingerprint density at radius 3 is 2.32 bits per heavy atom. The van der Waals surface area contributed by atoms with E-state index >= 15 is 0 Å². The van der Waals surface area contributed by atoms with Crippen LogP contribution in [-0.2, 0) is 0 Å². The molecule has 0 aromatic heterocycles. The molecule has 0 amide bonds. The number of rotatable bonds is 3. The largest absolute Gasteiger partial charge is 0.497 e. The van der Waals surface area contributed by atoms with E-state index in [0.717, 1.165) is 0 Å². The zero-order valence-electron chi connectivity index (χ0n) is 11.7. The molecule has 0 heterocycles. The summed E-state index contributed by atoms with van der Waals surface area (Å²) < 4.78 is 5.06. The van der Waals surface area contributed by atoms with Gasteiger partial charge in [-0.2, -0.15) is 0 Å². The molecule has 1 atom stereocenters. The van der Waals surface area contributed by atoms with Gasteiger partial charge in [0.25, 0.3) is 0 Å². The van der Waals surface area contributed by atoms with Gasteiger partial charge < -0.3 is 4.74 Å². The van der Waals surface area contributed by atoms with Crippen molar-refractivity contribution in [3.05, 3.63) is 69.8 Å². The molecule has 2 aromatic carbocycles. The van der Waals surface area contributed by atoms with E-state index in [1.807, 2.05) is 0 Å². The number of ether oxygens (including phenoxy) is 1. The average Bonchev–Trinajstić information content (AvgIpc) is 2.81. The summed E-state index contributed by atoms with van der Waals surface area (Å²) in [5, 5.41) is 11.3. The first-order chi connectivity index (χ1) is 10.6. The molecule has 1 aliphatic carbocycles. The van der Waals surface area contributed by atoms with Crippen LogP contribution in [0.3, 0.4) is 0 Å². The summed E-state index contributed by atoms with van der Waals surface area (Å²) in [7, 11) is 1.55. The van der Waals surface area contributed by atoms with Crippen molar-refractivity contribution in [2.24, 2.45) is 4.99 Å². The molecule has 3 rings (SSSR count). The number of nitro groups is 1. The summed E-state index contributed by atoms with van der Waals surface area (Å²) in [6, 6.07) is 12.0. The van der Waals surface area contributed by atoms with Gasteiger partial charge in [-0.3, -0.25) is 14.9 Å². The Balaban J connectivity index is 2.11. The zero-order chi connectivity index (χ0) is 15.7. The summed E-state index contributed by atoms with van der Waals surface area (Å²) in [4.78, 5) is 27.2. The third kappa shape index (κ3) is 2.24. The second-order valence-electron chi connectivity index (χ2n) is 4.79. The van der Waals surface area contributed by atoms with Crippen LogP contribution >= 0.6 is 0 Å². The number of nitrogens with zero attached hydrogens (tertiary/aromatic N) is 2. The van der Waals surface area contributed by atoms with E-state index in [1.165, 1.54) is 0 Å². The topological polar surface area (TPSA) is 81.8 Å². The number of carbonyl (C=O) groups excluding carboxylic acids is 1. The number of carbonyl (C=O) groups is 1. The van der Waals surface area contributed by atoms with E-state index in [0.29, 0.717) is 22.6 Å². The molecule has 0 bridgehead atoms. The summed E-state index contributed by atoms with van der Waals surface area (Å²) in [6.07, 6.45) is 0. The van der Waals surface area contributed by atoms with Crippen molar-refractivity contribution in [2.75, 3.05) is 7.11 Å². The third-order valence-corrected chi connectivity index (χ3v) is 3.51. The van der Waals surface area contributed by atoms with Crippen molar-refractivity contribution in [3.8, 4) is 5.75 Å². The quantitative estimate of drug-likeness (QED) is 0.644. The van der Waals surface area contributed by atoms with Crippen LogP contribution in [0.1, 0.15) is 15.9 Å². The number of ketones is 1. The van der Waals surface area contributed by atoms with Gasteiger partial charge in [-0.15, -0.1) is 0 Å². The highest BCUT2D eigenvalue weighted by molar-refractivity contribution is 6.30. The minimum absolute atomic E-state index is 0.177. The van der Waals surface area contributed by atoms with Gasteiger partial charge in [-0.1, -0.05) is 24.3 Å². The van der Waals surface area contributed by atoms with E-state index in [4.69, 9.17) is 4.74 Å². The molecule has 0 fully saturated rings. The molecular weight excluding hydrogens is 284 g/mol. The van der Waals surface area contributed by atoms with Crippen LogP contribution in [0.25, 0.3) is 0 Å². The van der Waals surface area contributed by atoms with E-state index in [-0.39, 0.29) is 5.71 Å². The van der Waals surface area contributed by atoms with Crippen LogP contribution in [0.4, 0.5) is 5.69 Å². The smallest absolute Gasteiger partial charge is 0.316 e. The fraction of sp³-hybridized carbons (Fsp3) is 0.125. The Kier molecular flexibility index (Phi) is 3.42. The van der Waals surface area contributed by atoms with Crippen molar-refractivity contribution >= 4 is 17.2 Å². The molecule has 0 N–H and O–H groups in total. The van der Waals surface area contributed by atoms with Gasteiger partial charge in [-0.05, 0) is 24.3 Å². The summed E-state index contributed by atoms with van der Waals surface area (Å²) in [6.45, 7) is 0. The molecule has 2 aromatic rings. The molecular formula is C16H12N2O4. The number of methoxy groups -OCH3 is 1. The van der Waals surface area contributed by atoms with E-state index in [1.54, 1.807) is 55.6 Å². The lowest BCUT2D eigenvalue weighted by Crippen LogP contribution is -2.31. The molecule has 110 valence electrons. The Morgan fingerprint density at radius 2 is 1.73 bits per heavy atom. The van der Waals surface area contributed by atoms with Gasteiger partial charge in [0.1, 0.15) is 11.5 Å². The standard InChI is InChI=1S/C16H12N2O4/c1-22-11-8-6-10(7-9-11)17-14-12-4-2-3-5-13(12)16(19)15(14)18(20)21/h2-9,15H,1H3/t15-/m1/s1. The molecule has 1 aliphatic rings. The number of hydrogen-bond acceptors (Lipinski definition) is 5. The van der Waals surface area contributed by atoms with Crippen LogP contribution < -0.4 is 4.74 Å². The second kappa shape index (κ2) is 5.40. The number of aliphatic imine (C=N–C) groups is 1. The third-order valence-electron chi connectivity index (χ3n) is 3.51. The Hall–Kier alpha value is -3.02. The van der Waals surface area contributed by atoms with Crippen LogP contribution in [0.5, 0.6) is 5.75 Å². The molecule has 0 radical (unpaired) electrons. The molecule has 6 heteroatoms. The van der Waals surface area contributed by atoms with Crippen molar-refractivity contribution in [3.63, 3.8) is 0 Å². The molecule has 0 spiro atoms. The molecule has 22 heavy (non-hydrogen) atoms. The SMILES string of the molecule is COc1ccc(N=C2c3ccccc3C(=O)[C@@H]2[N+](=O)[O-])cc1. The zero-order valence-corrected chi connectivity index (χ0v) is 11.7. The van der Waals surface area contributed by atoms with Crippen molar-refractivity contribution in [1.29, 1.82) is 0 Å². The van der Waals surface area contributed by atoms with Gasteiger partial charge >= 0.3 is 6.04 Å². The van der Waals surface area contributed by atoms with E-state index < -0.39 is 16.7 Å². The summed E-state index contributed by atoms with van der Waals surface area (Å²) in [5.74, 6) is 0.144. The summed E-state index contributed by atoms with van der Waals surface area (Å²) >= 11 is 0. The van der Waals surface area contributed by atoms with Crippen LogP contribution in [-0.4, -0.2) is 29.6 Å². The Morgan fingerprint density at radius 1 is 1.09 bits per heavy atom. The average molecular weight is 296 g/mol. The lowest BCUT2D eigenvalue weighted by Gasteiger charge is -2.04. The maximum atomic E-state index is 12.2. The maximum Gasteiger partial charge on any atom is 0.316 e. The Bertz CT molecular complexity index is 781. The van der Waals surface area contributed by atoms with E-state index in [9.17, 15) is 14.9 Å². The van der Waals surface area contributed by atoms with Crippen molar-refractivity contribution in [1.82, 2.24) is 0 Å². The normalized spacial score (nSPS) is 18.3. The number of fused-ring (bicyclic) bond motifs is 1. The van der Waals surface area contributed by atoms with Gasteiger partial charge in [0, 0.05) is 16.1 Å². The van der Waals surface area contributed by atoms with E-state index in [2.05, 4.69) is 4.99 Å². The Labute approximate surface area is 126 Å². The second-order valence-corrected chi connectivity index (χ2v) is 4.79. The first kappa shape index (κ1) is 13.9. The molecule has 0 saturated heterocycles. The number of benzene rings is 2. The number of Topliss-reactive ketones (excluding diaryl/α,β-unsaturated/α-hetero) is 1. The maximum absolute atomic E-state index is 12.2. The first-order valence-electron chi connectivity index (χ1n) is 6.61. The fourth-order valence-corrected chi connectivity index (χ4v) is 2.45.